The number of aryl methyl sites for hydroxylation is 1. The molecule has 1 N–H and O–H groups in total. The molecule has 88 valence electrons. The first-order valence-electron chi connectivity index (χ1n) is 5.21. The van der Waals surface area contributed by atoms with Crippen LogP contribution in [0.25, 0.3) is 0 Å². The summed E-state index contributed by atoms with van der Waals surface area (Å²) in [5, 5.41) is 8.86. The van der Waals surface area contributed by atoms with Crippen LogP contribution in [0.4, 0.5) is 0 Å². The molecular weight excluding hydrogens is 226 g/mol. The maximum absolute atomic E-state index is 12.1. The second-order valence-corrected chi connectivity index (χ2v) is 6.13. The van der Waals surface area contributed by atoms with Gasteiger partial charge in [-0.3, -0.25) is 0 Å². The monoisotopic (exact) mass is 241 g/mol. The van der Waals surface area contributed by atoms with Gasteiger partial charge in [-0.15, -0.1) is 0 Å². The van der Waals surface area contributed by atoms with E-state index in [4.69, 9.17) is 5.11 Å². The van der Waals surface area contributed by atoms with Gasteiger partial charge in [0.15, 0.2) is 0 Å². The molecule has 0 spiro atoms. The van der Waals surface area contributed by atoms with Crippen molar-refractivity contribution in [3.8, 4) is 0 Å². The molecule has 0 bridgehead atoms. The van der Waals surface area contributed by atoms with Crippen LogP contribution >= 0.6 is 0 Å². The fourth-order valence-corrected chi connectivity index (χ4v) is 3.46. The van der Waals surface area contributed by atoms with Crippen LogP contribution in [0.2, 0.25) is 0 Å². The summed E-state index contributed by atoms with van der Waals surface area (Å²) in [6, 6.07) is 6.88. The van der Waals surface area contributed by atoms with Gasteiger partial charge >= 0.3 is 0 Å². The minimum absolute atomic E-state index is 0.0554. The molecule has 0 saturated carbocycles. The van der Waals surface area contributed by atoms with E-state index in [0.29, 0.717) is 18.0 Å². The molecule has 0 radical (unpaired) electrons. The van der Waals surface area contributed by atoms with Crippen LogP contribution in [0.5, 0.6) is 0 Å². The summed E-state index contributed by atoms with van der Waals surface area (Å²) in [5.41, 5.74) is 0.931. The molecular formula is C11H15NO3S. The largest absolute Gasteiger partial charge is 0.396 e. The zero-order valence-electron chi connectivity index (χ0n) is 9.13. The van der Waals surface area contributed by atoms with E-state index < -0.39 is 10.0 Å². The molecule has 1 fully saturated rings. The number of hydrogen-bond donors (Lipinski definition) is 1. The molecule has 0 aromatic heterocycles. The van der Waals surface area contributed by atoms with E-state index in [1.165, 1.54) is 4.31 Å². The number of hydrogen-bond acceptors (Lipinski definition) is 3. The Kier molecular flexibility index (Phi) is 3.01. The maximum Gasteiger partial charge on any atom is 0.243 e. The number of nitrogens with zero attached hydrogens (tertiary/aromatic N) is 1. The molecule has 1 saturated heterocycles. The summed E-state index contributed by atoms with van der Waals surface area (Å²) >= 11 is 0. The Morgan fingerprint density at radius 3 is 2.69 bits per heavy atom. The normalized spacial score (nSPS) is 18.4. The third-order valence-corrected chi connectivity index (χ3v) is 4.64. The van der Waals surface area contributed by atoms with Crippen LogP contribution in [-0.4, -0.2) is 37.5 Å². The minimum atomic E-state index is -3.35. The van der Waals surface area contributed by atoms with Gasteiger partial charge < -0.3 is 5.11 Å². The van der Waals surface area contributed by atoms with Crippen LogP contribution in [-0.2, 0) is 10.0 Å². The zero-order chi connectivity index (χ0) is 11.8. The van der Waals surface area contributed by atoms with Gasteiger partial charge in [-0.05, 0) is 24.6 Å². The Bertz CT molecular complexity index is 478. The maximum atomic E-state index is 12.1. The van der Waals surface area contributed by atoms with Crippen molar-refractivity contribution in [2.45, 2.75) is 11.8 Å². The fourth-order valence-electron chi connectivity index (χ4n) is 1.76. The Balaban J connectivity index is 2.21. The molecule has 16 heavy (non-hydrogen) atoms. The van der Waals surface area contributed by atoms with Gasteiger partial charge in [-0.25, -0.2) is 8.42 Å². The van der Waals surface area contributed by atoms with Gasteiger partial charge in [-0.2, -0.15) is 4.31 Å². The number of aliphatic hydroxyl groups excluding tert-OH is 1. The summed E-state index contributed by atoms with van der Waals surface area (Å²) in [4.78, 5) is 0.337. The molecule has 0 amide bonds. The van der Waals surface area contributed by atoms with E-state index in [-0.39, 0.29) is 12.5 Å². The molecule has 0 unspecified atom stereocenters. The highest BCUT2D eigenvalue weighted by Crippen LogP contribution is 2.24. The lowest BCUT2D eigenvalue weighted by molar-refractivity contribution is 0.117. The van der Waals surface area contributed by atoms with Gasteiger partial charge in [0.2, 0.25) is 10.0 Å². The van der Waals surface area contributed by atoms with Crippen molar-refractivity contribution < 1.29 is 13.5 Å². The first kappa shape index (κ1) is 11.6. The molecule has 1 heterocycles. The summed E-state index contributed by atoms with van der Waals surface area (Å²) in [7, 11) is -3.35. The molecule has 0 atom stereocenters. The van der Waals surface area contributed by atoms with Crippen LogP contribution < -0.4 is 0 Å². The first-order chi connectivity index (χ1) is 7.54. The smallest absolute Gasteiger partial charge is 0.243 e. The van der Waals surface area contributed by atoms with Crippen LogP contribution in [0.15, 0.2) is 29.2 Å². The van der Waals surface area contributed by atoms with E-state index in [2.05, 4.69) is 0 Å². The van der Waals surface area contributed by atoms with E-state index in [9.17, 15) is 8.42 Å². The zero-order valence-corrected chi connectivity index (χ0v) is 9.94. The third-order valence-electron chi connectivity index (χ3n) is 2.81. The van der Waals surface area contributed by atoms with Gasteiger partial charge in [0.25, 0.3) is 0 Å². The standard InChI is InChI=1S/C11H15NO3S/c1-9-3-2-4-11(5-9)16(14,15)12-6-10(7-12)8-13/h2-5,10,13H,6-8H2,1H3. The molecule has 2 rings (SSSR count). The van der Waals surface area contributed by atoms with Gasteiger partial charge in [0.05, 0.1) is 4.90 Å². The Morgan fingerprint density at radius 1 is 1.44 bits per heavy atom. The van der Waals surface area contributed by atoms with Crippen molar-refractivity contribution in [1.82, 2.24) is 4.31 Å². The van der Waals surface area contributed by atoms with Crippen molar-refractivity contribution in [3.63, 3.8) is 0 Å². The van der Waals surface area contributed by atoms with Crippen LogP contribution in [0.1, 0.15) is 5.56 Å². The van der Waals surface area contributed by atoms with Gasteiger partial charge in [0.1, 0.15) is 0 Å². The van der Waals surface area contributed by atoms with Crippen molar-refractivity contribution >= 4 is 10.0 Å². The van der Waals surface area contributed by atoms with Crippen molar-refractivity contribution in [2.24, 2.45) is 5.92 Å². The lowest BCUT2D eigenvalue weighted by Gasteiger charge is -2.36. The Labute approximate surface area is 95.6 Å². The van der Waals surface area contributed by atoms with E-state index in [1.807, 2.05) is 13.0 Å². The molecule has 4 nitrogen and oxygen atoms in total. The molecule has 1 aromatic carbocycles. The molecule has 1 aliphatic rings. The number of aliphatic hydroxyl groups is 1. The number of benzene rings is 1. The Morgan fingerprint density at radius 2 is 2.12 bits per heavy atom. The number of sulfonamides is 1. The molecule has 1 aliphatic heterocycles. The summed E-state index contributed by atoms with van der Waals surface area (Å²) in [5.74, 6) is 0.0968. The lowest BCUT2D eigenvalue weighted by atomic mass is 10.1. The topological polar surface area (TPSA) is 57.6 Å². The fraction of sp³-hybridized carbons (Fsp3) is 0.455. The van der Waals surface area contributed by atoms with E-state index in [1.54, 1.807) is 18.2 Å². The van der Waals surface area contributed by atoms with Gasteiger partial charge in [-0.1, -0.05) is 12.1 Å². The highest BCUT2D eigenvalue weighted by Gasteiger charge is 2.36. The molecule has 0 aliphatic carbocycles. The second-order valence-electron chi connectivity index (χ2n) is 4.19. The van der Waals surface area contributed by atoms with E-state index >= 15 is 0 Å². The minimum Gasteiger partial charge on any atom is -0.396 e. The second kappa shape index (κ2) is 4.16. The van der Waals surface area contributed by atoms with Crippen molar-refractivity contribution in [1.29, 1.82) is 0 Å². The SMILES string of the molecule is Cc1cccc(S(=O)(=O)N2CC(CO)C2)c1. The van der Waals surface area contributed by atoms with Crippen molar-refractivity contribution in [3.05, 3.63) is 29.8 Å². The average molecular weight is 241 g/mol. The summed E-state index contributed by atoms with van der Waals surface area (Å²) in [6.07, 6.45) is 0. The predicted octanol–water partition coefficient (Wildman–Crippen LogP) is 0.608. The highest BCUT2D eigenvalue weighted by atomic mass is 32.2. The summed E-state index contributed by atoms with van der Waals surface area (Å²) < 4.78 is 25.6. The van der Waals surface area contributed by atoms with Crippen LogP contribution in [0.3, 0.4) is 0 Å². The third kappa shape index (κ3) is 1.98. The van der Waals surface area contributed by atoms with Gasteiger partial charge in [0, 0.05) is 25.6 Å². The quantitative estimate of drug-likeness (QED) is 0.843. The van der Waals surface area contributed by atoms with E-state index in [0.717, 1.165) is 5.56 Å². The van der Waals surface area contributed by atoms with Crippen LogP contribution in [0, 0.1) is 12.8 Å². The average Bonchev–Trinajstić information content (AvgIpc) is 2.15. The highest BCUT2D eigenvalue weighted by molar-refractivity contribution is 7.89. The molecule has 5 heteroatoms. The lowest BCUT2D eigenvalue weighted by Crippen LogP contribution is -2.51. The summed E-state index contributed by atoms with van der Waals surface area (Å²) in [6.45, 7) is 2.77. The first-order valence-corrected chi connectivity index (χ1v) is 6.65. The predicted molar refractivity (Wildman–Crippen MR) is 60.5 cm³/mol. The number of rotatable bonds is 3. The molecule has 1 aromatic rings. The van der Waals surface area contributed by atoms with Crippen molar-refractivity contribution in [2.75, 3.05) is 19.7 Å². The Hall–Kier alpha value is -0.910.